The number of halogens is 2. The predicted octanol–water partition coefficient (Wildman–Crippen LogP) is 2.27. The van der Waals surface area contributed by atoms with Gasteiger partial charge in [-0.1, -0.05) is 17.7 Å². The number of aromatic amines is 1. The SMILES string of the molecule is COCCO.Nc1nc2c(ncn2-c2cccc(NC(=O)Nc3ccc(S(=O)(=O)F)c(Cl)c3)c2)c(=O)[nH]1. The molecule has 2 amide bonds. The summed E-state index contributed by atoms with van der Waals surface area (Å²) in [5.74, 6) is -0.0665. The van der Waals surface area contributed by atoms with Gasteiger partial charge in [0.2, 0.25) is 5.95 Å². The van der Waals surface area contributed by atoms with E-state index in [2.05, 4.69) is 30.3 Å². The van der Waals surface area contributed by atoms with Crippen molar-refractivity contribution >= 4 is 56.3 Å². The van der Waals surface area contributed by atoms with Crippen LogP contribution < -0.4 is 21.9 Å². The van der Waals surface area contributed by atoms with Crippen molar-refractivity contribution in [1.29, 1.82) is 0 Å². The predicted molar refractivity (Wildman–Crippen MR) is 135 cm³/mol. The minimum atomic E-state index is -4.98. The Balaban J connectivity index is 0.000000695. The van der Waals surface area contributed by atoms with Gasteiger partial charge >= 0.3 is 16.3 Å². The standard InChI is InChI=1S/C18H13ClFN7O4S.C3H8O2/c19-12-7-10(4-5-13(12)32(20,30)31)24-18(29)23-9-2-1-3-11(6-9)27-8-22-14-15(27)25-17(21)26-16(14)28;1-5-3-2-4/h1-8H,(H2,23,24,29)(H3,21,25,26,28);4H,2-3H2,1H3. The minimum absolute atomic E-state index is 0.0665. The van der Waals surface area contributed by atoms with E-state index in [9.17, 15) is 21.9 Å². The van der Waals surface area contributed by atoms with Gasteiger partial charge in [0.15, 0.2) is 11.2 Å². The molecule has 0 fully saturated rings. The second kappa shape index (κ2) is 11.8. The number of H-pyrrole nitrogens is 1. The fraction of sp³-hybridized carbons (Fsp3) is 0.143. The molecule has 0 saturated heterocycles. The molecule has 2 aromatic heterocycles. The van der Waals surface area contributed by atoms with Gasteiger partial charge in [0.1, 0.15) is 11.2 Å². The fourth-order valence-corrected chi connectivity index (χ4v) is 3.99. The Bertz CT molecular complexity index is 1590. The number of anilines is 3. The Hall–Kier alpha value is -4.05. The molecule has 4 rings (SSSR count). The van der Waals surface area contributed by atoms with Gasteiger partial charge in [0.05, 0.1) is 23.9 Å². The number of ether oxygens (including phenoxy) is 1. The van der Waals surface area contributed by atoms with Gasteiger partial charge in [-0.3, -0.25) is 14.3 Å². The van der Waals surface area contributed by atoms with Crippen molar-refractivity contribution in [2.75, 3.05) is 36.7 Å². The summed E-state index contributed by atoms with van der Waals surface area (Å²) in [5, 5.41) is 12.6. The van der Waals surface area contributed by atoms with E-state index in [0.29, 0.717) is 18.0 Å². The molecule has 13 nitrogen and oxygen atoms in total. The second-order valence-electron chi connectivity index (χ2n) is 7.17. The number of imidazole rings is 1. The van der Waals surface area contributed by atoms with Gasteiger partial charge in [-0.15, -0.1) is 3.89 Å². The summed E-state index contributed by atoms with van der Waals surface area (Å²) in [6, 6.07) is 9.16. The topological polar surface area (TPSA) is 194 Å². The van der Waals surface area contributed by atoms with E-state index >= 15 is 0 Å². The van der Waals surface area contributed by atoms with E-state index in [0.717, 1.165) is 12.1 Å². The van der Waals surface area contributed by atoms with E-state index < -0.39 is 26.7 Å². The molecular weight excluding hydrogens is 533 g/mol. The van der Waals surface area contributed by atoms with Crippen LogP contribution in [0.2, 0.25) is 5.02 Å². The van der Waals surface area contributed by atoms with Gasteiger partial charge in [0.25, 0.3) is 5.56 Å². The third-order valence-electron chi connectivity index (χ3n) is 4.56. The van der Waals surface area contributed by atoms with Crippen LogP contribution in [-0.4, -0.2) is 59.4 Å². The smallest absolute Gasteiger partial charge is 0.333 e. The number of nitrogen functional groups attached to an aromatic ring is 1. The summed E-state index contributed by atoms with van der Waals surface area (Å²) >= 11 is 5.77. The highest BCUT2D eigenvalue weighted by atomic mass is 35.5. The maximum absolute atomic E-state index is 13.1. The highest BCUT2D eigenvalue weighted by Crippen LogP contribution is 2.26. The minimum Gasteiger partial charge on any atom is -0.394 e. The number of hydrogen-bond donors (Lipinski definition) is 5. The molecule has 0 saturated carbocycles. The number of nitrogens with two attached hydrogens (primary N) is 1. The molecule has 2 aromatic carbocycles. The summed E-state index contributed by atoms with van der Waals surface area (Å²) in [4.78, 5) is 34.1. The zero-order valence-electron chi connectivity index (χ0n) is 19.1. The number of rotatable bonds is 6. The van der Waals surface area contributed by atoms with Crippen molar-refractivity contribution in [2.24, 2.45) is 0 Å². The lowest BCUT2D eigenvalue weighted by Gasteiger charge is -2.10. The van der Waals surface area contributed by atoms with Gasteiger partial charge in [0, 0.05) is 18.5 Å². The molecule has 0 aliphatic carbocycles. The van der Waals surface area contributed by atoms with Crippen LogP contribution in [0.1, 0.15) is 0 Å². The molecule has 4 aromatic rings. The number of urea groups is 1. The first-order valence-corrected chi connectivity index (χ1v) is 12.0. The Morgan fingerprint density at radius 2 is 1.95 bits per heavy atom. The lowest BCUT2D eigenvalue weighted by molar-refractivity contribution is 0.135. The van der Waals surface area contributed by atoms with Crippen LogP contribution >= 0.6 is 11.6 Å². The summed E-state index contributed by atoms with van der Waals surface area (Å²) in [6.07, 6.45) is 1.40. The molecule has 0 spiro atoms. The van der Waals surface area contributed by atoms with Crippen molar-refractivity contribution in [2.45, 2.75) is 4.90 Å². The molecule has 6 N–H and O–H groups in total. The Kier molecular flexibility index (Phi) is 8.77. The molecule has 0 unspecified atom stereocenters. The molecule has 16 heteroatoms. The maximum Gasteiger partial charge on any atom is 0.333 e. The first kappa shape index (κ1) is 27.5. The molecule has 0 aliphatic rings. The number of methoxy groups -OCH3 is 1. The van der Waals surface area contributed by atoms with Crippen LogP contribution in [0.4, 0.5) is 26.0 Å². The number of aromatic nitrogens is 4. The van der Waals surface area contributed by atoms with Crippen molar-refractivity contribution in [3.05, 3.63) is 64.2 Å². The number of fused-ring (bicyclic) bond motifs is 1. The second-order valence-corrected chi connectivity index (χ2v) is 8.89. The van der Waals surface area contributed by atoms with Gasteiger partial charge in [-0.05, 0) is 36.4 Å². The van der Waals surface area contributed by atoms with E-state index in [1.807, 2.05) is 0 Å². The fourth-order valence-electron chi connectivity index (χ4n) is 3.01. The number of carbonyl (C=O) groups excluding carboxylic acids is 1. The lowest BCUT2D eigenvalue weighted by Crippen LogP contribution is -2.19. The van der Waals surface area contributed by atoms with Crippen molar-refractivity contribution in [3.8, 4) is 5.69 Å². The van der Waals surface area contributed by atoms with Gasteiger partial charge in [-0.2, -0.15) is 13.4 Å². The van der Waals surface area contributed by atoms with E-state index in [1.54, 1.807) is 31.4 Å². The zero-order chi connectivity index (χ0) is 27.2. The number of hydrogen-bond acceptors (Lipinski definition) is 9. The number of aliphatic hydroxyl groups is 1. The average Bonchev–Trinajstić information content (AvgIpc) is 3.23. The lowest BCUT2D eigenvalue weighted by atomic mass is 10.2. The summed E-state index contributed by atoms with van der Waals surface area (Å²) in [7, 11) is -3.43. The van der Waals surface area contributed by atoms with Crippen molar-refractivity contribution in [1.82, 2.24) is 19.5 Å². The van der Waals surface area contributed by atoms with Gasteiger partial charge in [-0.25, -0.2) is 9.78 Å². The van der Waals surface area contributed by atoms with E-state index in [-0.39, 0.29) is 34.4 Å². The quantitative estimate of drug-likeness (QED) is 0.222. The normalized spacial score (nSPS) is 11.0. The summed E-state index contributed by atoms with van der Waals surface area (Å²) in [6.45, 7) is 0.566. The van der Waals surface area contributed by atoms with Crippen LogP contribution in [0.5, 0.6) is 0 Å². The molecule has 196 valence electrons. The number of carbonyl (C=O) groups is 1. The first-order valence-electron chi connectivity index (χ1n) is 10.3. The van der Waals surface area contributed by atoms with Crippen molar-refractivity contribution < 1.29 is 26.9 Å². The van der Waals surface area contributed by atoms with E-state index in [4.69, 9.17) is 22.4 Å². The van der Waals surface area contributed by atoms with Gasteiger partial charge < -0.3 is 26.2 Å². The number of benzene rings is 2. The Morgan fingerprint density at radius 3 is 2.54 bits per heavy atom. The highest BCUT2D eigenvalue weighted by molar-refractivity contribution is 7.86. The molecule has 0 atom stereocenters. The van der Waals surface area contributed by atoms with Crippen LogP contribution in [-0.2, 0) is 15.0 Å². The van der Waals surface area contributed by atoms with Crippen LogP contribution in [0.25, 0.3) is 16.9 Å². The number of aliphatic hydroxyl groups excluding tert-OH is 1. The van der Waals surface area contributed by atoms with Crippen LogP contribution in [0.15, 0.2) is 58.5 Å². The first-order chi connectivity index (χ1) is 17.5. The summed E-state index contributed by atoms with van der Waals surface area (Å²) in [5.41, 5.74) is 6.55. The molecular formula is C21H21ClFN7O6S. The summed E-state index contributed by atoms with van der Waals surface area (Å²) < 4.78 is 41.1. The molecule has 2 heterocycles. The monoisotopic (exact) mass is 553 g/mol. The molecule has 37 heavy (non-hydrogen) atoms. The maximum atomic E-state index is 13.1. The Labute approximate surface area is 214 Å². The third-order valence-corrected chi connectivity index (χ3v) is 5.86. The van der Waals surface area contributed by atoms with Crippen LogP contribution in [0.3, 0.4) is 0 Å². The molecule has 0 bridgehead atoms. The van der Waals surface area contributed by atoms with Crippen LogP contribution in [0, 0.1) is 0 Å². The third kappa shape index (κ3) is 7.01. The number of nitrogens with zero attached hydrogens (tertiary/aromatic N) is 3. The largest absolute Gasteiger partial charge is 0.394 e. The highest BCUT2D eigenvalue weighted by Gasteiger charge is 2.17. The zero-order valence-corrected chi connectivity index (χ0v) is 20.7. The van der Waals surface area contributed by atoms with E-state index in [1.165, 1.54) is 17.0 Å². The number of nitrogens with one attached hydrogen (secondary N) is 3. The Morgan fingerprint density at radius 1 is 1.24 bits per heavy atom. The molecule has 0 aliphatic heterocycles. The average molecular weight is 554 g/mol. The number of amides is 2. The molecule has 0 radical (unpaired) electrons. The van der Waals surface area contributed by atoms with Crippen molar-refractivity contribution in [3.63, 3.8) is 0 Å².